The van der Waals surface area contributed by atoms with E-state index in [2.05, 4.69) is 12.1 Å². The molecule has 0 aliphatic carbocycles. The summed E-state index contributed by atoms with van der Waals surface area (Å²) in [5.41, 5.74) is 0. The summed E-state index contributed by atoms with van der Waals surface area (Å²) in [6.07, 6.45) is 0.111. The van der Waals surface area contributed by atoms with E-state index in [9.17, 15) is 9.90 Å². The van der Waals surface area contributed by atoms with Crippen molar-refractivity contribution in [2.24, 2.45) is 0 Å². The average molecular weight is 220 g/mol. The first-order valence-electron chi connectivity index (χ1n) is 4.26. The number of carboxylic acids is 1. The van der Waals surface area contributed by atoms with Crippen LogP contribution in [0.4, 0.5) is 0 Å². The van der Waals surface area contributed by atoms with Gasteiger partial charge in [0.2, 0.25) is 0 Å². The van der Waals surface area contributed by atoms with Crippen LogP contribution in [0.15, 0.2) is 24.3 Å². The molecule has 0 saturated carbocycles. The number of carbonyl (C=O) groups is 1. The van der Waals surface area contributed by atoms with E-state index in [0.717, 1.165) is 5.75 Å². The number of benzene rings is 1. The molecule has 0 amide bonds. The van der Waals surface area contributed by atoms with Crippen molar-refractivity contribution in [1.29, 1.82) is 0 Å². The molecule has 0 saturated heterocycles. The molecule has 1 aromatic carbocycles. The Balaban J connectivity index is 0.000000292. The van der Waals surface area contributed by atoms with Crippen LogP contribution in [-0.4, -0.2) is 48.9 Å². The Kier molecular flexibility index (Phi) is 7.95. The van der Waals surface area contributed by atoms with Crippen molar-refractivity contribution >= 4 is 43.4 Å². The minimum atomic E-state index is -0.995. The summed E-state index contributed by atoms with van der Waals surface area (Å²) in [6.45, 7) is 1.54. The summed E-state index contributed by atoms with van der Waals surface area (Å²) in [5, 5.41) is 9.26. The zero-order valence-electron chi connectivity index (χ0n) is 8.45. The van der Waals surface area contributed by atoms with E-state index < -0.39 is 5.97 Å². The Morgan fingerprint density at radius 3 is 2.14 bits per heavy atom. The molecule has 0 N–H and O–H groups in total. The van der Waals surface area contributed by atoms with Gasteiger partial charge in [-0.05, 0) is 6.42 Å². The molecule has 0 bridgehead atoms. The molecule has 1 aromatic rings. The fourth-order valence-electron chi connectivity index (χ4n) is 0.626. The van der Waals surface area contributed by atoms with Crippen molar-refractivity contribution in [2.75, 3.05) is 7.11 Å². The second-order valence-electron chi connectivity index (χ2n) is 2.57. The average Bonchev–Trinajstić information content (AvgIpc) is 2.20. The number of carbonyl (C=O) groups excluding carboxylic acids is 1. The van der Waals surface area contributed by atoms with Gasteiger partial charge in [0.15, 0.2) is 0 Å². The molecular formula is C10H12CaO3. The summed E-state index contributed by atoms with van der Waals surface area (Å²) in [5.74, 6) is -0.0581. The van der Waals surface area contributed by atoms with Crippen LogP contribution in [0.2, 0.25) is 0 Å². The van der Waals surface area contributed by atoms with Gasteiger partial charge in [-0.2, -0.15) is 0 Å². The third-order valence-corrected chi connectivity index (χ3v) is 2.18. The molecule has 0 fully saturated rings. The van der Waals surface area contributed by atoms with E-state index in [1.165, 1.54) is 44.4 Å². The summed E-state index contributed by atoms with van der Waals surface area (Å²) >= 11 is 1.21. The normalized spacial score (nSPS) is 8.57. The van der Waals surface area contributed by atoms with Crippen molar-refractivity contribution in [3.63, 3.8) is 0 Å². The van der Waals surface area contributed by atoms with Crippen LogP contribution in [0.1, 0.15) is 13.3 Å². The SMILES string of the molecule is CCC(=O)[O-].COc1cc[c]([Ca+])cc1. The maximum atomic E-state index is 9.26. The van der Waals surface area contributed by atoms with E-state index in [0.29, 0.717) is 0 Å². The number of ether oxygens (including phenoxy) is 1. The summed E-state index contributed by atoms with van der Waals surface area (Å²) in [6, 6.07) is 8.13. The minimum absolute atomic E-state index is 0.111. The van der Waals surface area contributed by atoms with E-state index in [1.807, 2.05) is 12.1 Å². The zero-order valence-corrected chi connectivity index (χ0v) is 10.7. The van der Waals surface area contributed by atoms with Crippen LogP contribution in [0.5, 0.6) is 5.75 Å². The molecule has 0 spiro atoms. The number of carboxylic acid groups (broad SMARTS) is 1. The van der Waals surface area contributed by atoms with Gasteiger partial charge in [-0.25, -0.2) is 0 Å². The van der Waals surface area contributed by atoms with E-state index in [-0.39, 0.29) is 6.42 Å². The quantitative estimate of drug-likeness (QED) is 0.639. The summed E-state index contributed by atoms with van der Waals surface area (Å²) in [4.78, 5) is 9.26. The van der Waals surface area contributed by atoms with Crippen LogP contribution in [-0.2, 0) is 4.79 Å². The van der Waals surface area contributed by atoms with Gasteiger partial charge in [0.1, 0.15) is 0 Å². The van der Waals surface area contributed by atoms with Crippen LogP contribution in [0.25, 0.3) is 0 Å². The van der Waals surface area contributed by atoms with Gasteiger partial charge in [0, 0.05) is 5.97 Å². The van der Waals surface area contributed by atoms with Gasteiger partial charge in [-0.15, -0.1) is 0 Å². The number of methoxy groups -OCH3 is 1. The van der Waals surface area contributed by atoms with Crippen molar-refractivity contribution in [2.45, 2.75) is 13.3 Å². The number of aliphatic carboxylic acids is 1. The third kappa shape index (κ3) is 7.18. The van der Waals surface area contributed by atoms with Gasteiger partial charge in [-0.3, -0.25) is 0 Å². The Bertz CT molecular complexity index is 269. The molecule has 0 unspecified atom stereocenters. The molecule has 0 heterocycles. The van der Waals surface area contributed by atoms with Crippen molar-refractivity contribution < 1.29 is 14.6 Å². The summed E-state index contributed by atoms with van der Waals surface area (Å²) < 4.78 is 6.37. The predicted molar refractivity (Wildman–Crippen MR) is 53.7 cm³/mol. The molecule has 1 rings (SSSR count). The fraction of sp³-hybridized carbons (Fsp3) is 0.300. The van der Waals surface area contributed by atoms with Crippen molar-refractivity contribution in [3.8, 4) is 5.75 Å². The molecular weight excluding hydrogens is 208 g/mol. The Hall–Kier alpha value is -0.250. The Labute approximate surface area is 108 Å². The van der Waals surface area contributed by atoms with Gasteiger partial charge in [-0.1, -0.05) is 6.92 Å². The van der Waals surface area contributed by atoms with Crippen LogP contribution < -0.4 is 11.5 Å². The molecule has 72 valence electrons. The molecule has 0 aliphatic heterocycles. The molecule has 0 aliphatic rings. The topological polar surface area (TPSA) is 49.4 Å². The van der Waals surface area contributed by atoms with Crippen LogP contribution in [0.3, 0.4) is 0 Å². The Morgan fingerprint density at radius 2 is 1.86 bits per heavy atom. The standard InChI is InChI=1S/C7H7O.C3H6O2.Ca/c1-8-7-5-3-2-4-6-7;1-2-3(4)5;/h3-6H,1H3;2H2,1H3,(H,4,5);/q;;+1/p-1. The monoisotopic (exact) mass is 220 g/mol. The van der Waals surface area contributed by atoms with E-state index in [1.54, 1.807) is 7.11 Å². The maximum absolute atomic E-state index is 9.26. The second-order valence-corrected chi connectivity index (χ2v) is 3.85. The third-order valence-electron chi connectivity index (χ3n) is 1.45. The summed E-state index contributed by atoms with van der Waals surface area (Å²) in [7, 11) is 1.68. The molecule has 4 heteroatoms. The molecule has 14 heavy (non-hydrogen) atoms. The van der Waals surface area contributed by atoms with Crippen molar-refractivity contribution in [3.05, 3.63) is 24.3 Å². The van der Waals surface area contributed by atoms with Crippen molar-refractivity contribution in [1.82, 2.24) is 0 Å². The van der Waals surface area contributed by atoms with Crippen LogP contribution in [0, 0.1) is 0 Å². The zero-order chi connectivity index (χ0) is 11.0. The fourth-order valence-corrected chi connectivity index (χ4v) is 0.994. The first kappa shape index (κ1) is 13.7. The predicted octanol–water partition coefficient (Wildman–Crippen LogP) is -0.365. The van der Waals surface area contributed by atoms with Gasteiger partial charge in [0.05, 0.1) is 0 Å². The first-order chi connectivity index (χ1) is 6.60. The number of hydrogen-bond acceptors (Lipinski definition) is 3. The van der Waals surface area contributed by atoms with Crippen LogP contribution >= 0.6 is 0 Å². The van der Waals surface area contributed by atoms with E-state index in [4.69, 9.17) is 4.74 Å². The van der Waals surface area contributed by atoms with Gasteiger partial charge in [0.25, 0.3) is 0 Å². The second kappa shape index (κ2) is 8.09. The number of hydrogen-bond donors (Lipinski definition) is 0. The van der Waals surface area contributed by atoms with Gasteiger partial charge < -0.3 is 9.90 Å². The molecule has 0 radical (unpaired) electrons. The Morgan fingerprint density at radius 1 is 1.43 bits per heavy atom. The van der Waals surface area contributed by atoms with E-state index >= 15 is 0 Å². The van der Waals surface area contributed by atoms with Gasteiger partial charge >= 0.3 is 79.3 Å². The molecule has 0 aromatic heterocycles. The molecule has 0 atom stereocenters. The molecule has 3 nitrogen and oxygen atoms in total. The first-order valence-corrected chi connectivity index (χ1v) is 5.36. The number of rotatable bonds is 2.